The normalized spacial score (nSPS) is 12.4. The van der Waals surface area contributed by atoms with Crippen LogP contribution < -0.4 is 0 Å². The van der Waals surface area contributed by atoms with Gasteiger partial charge < -0.3 is 10.2 Å². The predicted octanol–water partition coefficient (Wildman–Crippen LogP) is 2.37. The number of hydrogen-bond donors (Lipinski definition) is 2. The molecule has 1 unspecified atom stereocenters. The molecule has 3 heteroatoms. The van der Waals surface area contributed by atoms with Crippen molar-refractivity contribution in [3.63, 3.8) is 0 Å². The lowest BCUT2D eigenvalue weighted by Crippen LogP contribution is -2.04. The van der Waals surface area contributed by atoms with Gasteiger partial charge in [0.05, 0.1) is 11.8 Å². The Morgan fingerprint density at radius 3 is 2.65 bits per heavy atom. The van der Waals surface area contributed by atoms with Gasteiger partial charge in [-0.05, 0) is 36.8 Å². The number of pyridine rings is 1. The fourth-order valence-corrected chi connectivity index (χ4v) is 1.76. The molecule has 0 saturated carbocycles. The largest absolute Gasteiger partial charge is 0.508 e. The molecule has 17 heavy (non-hydrogen) atoms. The lowest BCUT2D eigenvalue weighted by molar-refractivity contribution is 0.173. The van der Waals surface area contributed by atoms with Crippen LogP contribution in [0.1, 0.15) is 23.1 Å². The lowest BCUT2D eigenvalue weighted by Gasteiger charge is -2.10. The first-order valence-corrected chi connectivity index (χ1v) is 5.54. The molecule has 1 aromatic heterocycles. The van der Waals surface area contributed by atoms with Gasteiger partial charge in [0, 0.05) is 12.1 Å². The molecule has 0 saturated heterocycles. The van der Waals surface area contributed by atoms with E-state index in [2.05, 4.69) is 4.98 Å². The Morgan fingerprint density at radius 2 is 1.94 bits per heavy atom. The van der Waals surface area contributed by atoms with Crippen LogP contribution in [0.5, 0.6) is 5.75 Å². The number of aromatic hydroxyl groups is 1. The number of phenolic OH excluding ortho intramolecular Hbond substituents is 1. The Kier molecular flexibility index (Phi) is 3.40. The van der Waals surface area contributed by atoms with Gasteiger partial charge in [0.15, 0.2) is 0 Å². The first-order chi connectivity index (χ1) is 8.15. The molecule has 1 atom stereocenters. The monoisotopic (exact) mass is 229 g/mol. The molecule has 2 aromatic rings. The number of aliphatic hydroxyl groups is 1. The summed E-state index contributed by atoms with van der Waals surface area (Å²) in [5.41, 5.74) is 2.44. The molecule has 0 aliphatic heterocycles. The standard InChI is InChI=1S/C14H15NO2/c1-10-4-2-7-13(15-10)14(17)9-11-5-3-6-12(16)8-11/h2-8,14,16-17H,9H2,1H3. The van der Waals surface area contributed by atoms with Crippen molar-refractivity contribution in [1.82, 2.24) is 4.98 Å². The number of rotatable bonds is 3. The van der Waals surface area contributed by atoms with E-state index in [1.165, 1.54) is 0 Å². The van der Waals surface area contributed by atoms with Gasteiger partial charge in [-0.2, -0.15) is 0 Å². The van der Waals surface area contributed by atoms with Crippen molar-refractivity contribution in [2.24, 2.45) is 0 Å². The van der Waals surface area contributed by atoms with Crippen LogP contribution in [0, 0.1) is 6.92 Å². The third-order valence-electron chi connectivity index (χ3n) is 2.59. The van der Waals surface area contributed by atoms with Crippen molar-refractivity contribution in [2.45, 2.75) is 19.4 Å². The Morgan fingerprint density at radius 1 is 1.18 bits per heavy atom. The highest BCUT2D eigenvalue weighted by Crippen LogP contribution is 2.19. The van der Waals surface area contributed by atoms with Gasteiger partial charge in [0.25, 0.3) is 0 Å². The fourth-order valence-electron chi connectivity index (χ4n) is 1.76. The fraction of sp³-hybridized carbons (Fsp3) is 0.214. The number of benzene rings is 1. The van der Waals surface area contributed by atoms with E-state index in [9.17, 15) is 10.2 Å². The van der Waals surface area contributed by atoms with Gasteiger partial charge in [-0.1, -0.05) is 18.2 Å². The highest BCUT2D eigenvalue weighted by molar-refractivity contribution is 5.28. The summed E-state index contributed by atoms with van der Waals surface area (Å²) in [7, 11) is 0. The summed E-state index contributed by atoms with van der Waals surface area (Å²) in [5, 5.41) is 19.4. The molecule has 3 nitrogen and oxygen atoms in total. The molecule has 0 fully saturated rings. The smallest absolute Gasteiger partial charge is 0.115 e. The van der Waals surface area contributed by atoms with Crippen molar-refractivity contribution in [3.8, 4) is 5.75 Å². The summed E-state index contributed by atoms with van der Waals surface area (Å²) < 4.78 is 0. The zero-order valence-corrected chi connectivity index (χ0v) is 9.67. The second-order valence-corrected chi connectivity index (χ2v) is 4.09. The van der Waals surface area contributed by atoms with E-state index in [1.54, 1.807) is 24.3 Å². The molecule has 0 amide bonds. The molecule has 0 aliphatic carbocycles. The first kappa shape index (κ1) is 11.6. The van der Waals surface area contributed by atoms with Crippen LogP contribution in [0.25, 0.3) is 0 Å². The van der Waals surface area contributed by atoms with Crippen molar-refractivity contribution < 1.29 is 10.2 Å². The quantitative estimate of drug-likeness (QED) is 0.849. The molecule has 0 radical (unpaired) electrons. The SMILES string of the molecule is Cc1cccc(C(O)Cc2cccc(O)c2)n1. The summed E-state index contributed by atoms with van der Waals surface area (Å²) in [6.45, 7) is 1.89. The van der Waals surface area contributed by atoms with Gasteiger partial charge in [-0.15, -0.1) is 0 Å². The third kappa shape index (κ3) is 3.04. The van der Waals surface area contributed by atoms with Crippen molar-refractivity contribution in [3.05, 3.63) is 59.4 Å². The molecular weight excluding hydrogens is 214 g/mol. The number of aryl methyl sites for hydroxylation is 1. The second kappa shape index (κ2) is 4.97. The Bertz CT molecular complexity index is 511. The number of nitrogens with zero attached hydrogens (tertiary/aromatic N) is 1. The van der Waals surface area contributed by atoms with E-state index < -0.39 is 6.10 Å². The summed E-state index contributed by atoms with van der Waals surface area (Å²) >= 11 is 0. The van der Waals surface area contributed by atoms with Crippen molar-refractivity contribution in [2.75, 3.05) is 0 Å². The molecule has 1 aromatic carbocycles. The van der Waals surface area contributed by atoms with E-state index in [0.29, 0.717) is 12.1 Å². The van der Waals surface area contributed by atoms with E-state index in [4.69, 9.17) is 0 Å². The average Bonchev–Trinajstić information content (AvgIpc) is 2.29. The molecule has 88 valence electrons. The zero-order valence-electron chi connectivity index (χ0n) is 9.67. The molecule has 1 heterocycles. The number of aliphatic hydroxyl groups excluding tert-OH is 1. The van der Waals surface area contributed by atoms with Gasteiger partial charge in [0.2, 0.25) is 0 Å². The van der Waals surface area contributed by atoms with Crippen LogP contribution in [0.15, 0.2) is 42.5 Å². The minimum atomic E-state index is -0.642. The van der Waals surface area contributed by atoms with Crippen molar-refractivity contribution in [1.29, 1.82) is 0 Å². The average molecular weight is 229 g/mol. The number of phenols is 1. The third-order valence-corrected chi connectivity index (χ3v) is 2.59. The molecule has 0 spiro atoms. The Labute approximate surface area is 100 Å². The predicted molar refractivity (Wildman–Crippen MR) is 65.7 cm³/mol. The highest BCUT2D eigenvalue weighted by Gasteiger charge is 2.10. The summed E-state index contributed by atoms with van der Waals surface area (Å²) in [6.07, 6.45) is -0.193. The Hall–Kier alpha value is -1.87. The summed E-state index contributed by atoms with van der Waals surface area (Å²) in [5.74, 6) is 0.215. The molecule has 0 bridgehead atoms. The molecule has 2 rings (SSSR count). The van der Waals surface area contributed by atoms with Gasteiger partial charge in [0.1, 0.15) is 5.75 Å². The van der Waals surface area contributed by atoms with E-state index in [1.807, 2.05) is 25.1 Å². The van der Waals surface area contributed by atoms with Crippen LogP contribution in [0.4, 0.5) is 0 Å². The lowest BCUT2D eigenvalue weighted by atomic mass is 10.0. The van der Waals surface area contributed by atoms with Crippen molar-refractivity contribution >= 4 is 0 Å². The highest BCUT2D eigenvalue weighted by atomic mass is 16.3. The van der Waals surface area contributed by atoms with Gasteiger partial charge in [-0.3, -0.25) is 4.98 Å². The van der Waals surface area contributed by atoms with Crippen LogP contribution in [-0.4, -0.2) is 15.2 Å². The van der Waals surface area contributed by atoms with E-state index in [0.717, 1.165) is 11.3 Å². The minimum absolute atomic E-state index is 0.215. The number of aromatic nitrogens is 1. The summed E-state index contributed by atoms with van der Waals surface area (Å²) in [4.78, 5) is 4.28. The summed E-state index contributed by atoms with van der Waals surface area (Å²) in [6, 6.07) is 12.5. The van der Waals surface area contributed by atoms with Crippen LogP contribution in [-0.2, 0) is 6.42 Å². The van der Waals surface area contributed by atoms with E-state index in [-0.39, 0.29) is 5.75 Å². The van der Waals surface area contributed by atoms with Crippen LogP contribution in [0.2, 0.25) is 0 Å². The minimum Gasteiger partial charge on any atom is -0.508 e. The first-order valence-electron chi connectivity index (χ1n) is 5.54. The maximum absolute atomic E-state index is 10.0. The maximum Gasteiger partial charge on any atom is 0.115 e. The zero-order chi connectivity index (χ0) is 12.3. The molecule has 2 N–H and O–H groups in total. The van der Waals surface area contributed by atoms with Gasteiger partial charge in [-0.25, -0.2) is 0 Å². The number of hydrogen-bond acceptors (Lipinski definition) is 3. The maximum atomic E-state index is 10.0. The molecular formula is C14H15NO2. The molecule has 0 aliphatic rings. The Balaban J connectivity index is 2.14. The second-order valence-electron chi connectivity index (χ2n) is 4.09. The van der Waals surface area contributed by atoms with Crippen LogP contribution in [0.3, 0.4) is 0 Å². The van der Waals surface area contributed by atoms with Gasteiger partial charge >= 0.3 is 0 Å². The topological polar surface area (TPSA) is 53.4 Å². The van der Waals surface area contributed by atoms with E-state index >= 15 is 0 Å². The van der Waals surface area contributed by atoms with Crippen LogP contribution >= 0.6 is 0 Å².